The zero-order chi connectivity index (χ0) is 16.8. The maximum Gasteiger partial charge on any atom is 0.193 e. The molecule has 2 rings (SSSR count). The van der Waals surface area contributed by atoms with Crippen molar-refractivity contribution in [2.45, 2.75) is 25.1 Å². The van der Waals surface area contributed by atoms with Gasteiger partial charge < -0.3 is 19.7 Å². The number of hydrogen-bond acceptors (Lipinski definition) is 4. The van der Waals surface area contributed by atoms with Crippen LogP contribution in [0.3, 0.4) is 0 Å². The fourth-order valence-electron chi connectivity index (χ4n) is 2.71. The molecule has 1 aromatic carbocycles. The van der Waals surface area contributed by atoms with E-state index >= 15 is 0 Å². The van der Waals surface area contributed by atoms with Crippen LogP contribution in [0.25, 0.3) is 0 Å². The van der Waals surface area contributed by atoms with E-state index in [9.17, 15) is 0 Å². The molecule has 0 aliphatic carbocycles. The van der Waals surface area contributed by atoms with Gasteiger partial charge in [0.1, 0.15) is 0 Å². The molecule has 1 atom stereocenters. The molecule has 1 aromatic rings. The van der Waals surface area contributed by atoms with Gasteiger partial charge in [-0.15, -0.1) is 0 Å². The minimum Gasteiger partial charge on any atom is -0.493 e. The van der Waals surface area contributed by atoms with Gasteiger partial charge in [-0.1, -0.05) is 6.92 Å². The molecule has 0 saturated carbocycles. The average molecular weight is 337 g/mol. The Labute approximate surface area is 143 Å². The molecular weight excluding hydrogens is 310 g/mol. The van der Waals surface area contributed by atoms with E-state index in [1.54, 1.807) is 14.2 Å². The van der Waals surface area contributed by atoms with Crippen molar-refractivity contribution in [3.05, 3.63) is 23.3 Å². The molecule has 1 unspecified atom stereocenters. The lowest BCUT2D eigenvalue weighted by atomic mass is 9.99. The van der Waals surface area contributed by atoms with Crippen molar-refractivity contribution < 1.29 is 9.47 Å². The van der Waals surface area contributed by atoms with Crippen molar-refractivity contribution in [3.63, 3.8) is 0 Å². The molecular formula is C17H27N3O2S. The van der Waals surface area contributed by atoms with E-state index in [2.05, 4.69) is 40.5 Å². The van der Waals surface area contributed by atoms with Crippen LogP contribution >= 0.6 is 11.8 Å². The van der Waals surface area contributed by atoms with Crippen LogP contribution in [0, 0.1) is 0 Å². The SMILES string of the molecule is CN=C(NCC(C)SC)N1CCc2cc(OC)c(OC)cc2C1. The van der Waals surface area contributed by atoms with Crippen molar-refractivity contribution in [2.75, 3.05) is 40.6 Å². The Morgan fingerprint density at radius 1 is 1.30 bits per heavy atom. The molecule has 6 heteroatoms. The molecule has 0 saturated heterocycles. The second-order valence-corrected chi connectivity index (χ2v) is 6.90. The summed E-state index contributed by atoms with van der Waals surface area (Å²) in [5.41, 5.74) is 2.60. The van der Waals surface area contributed by atoms with Crippen molar-refractivity contribution in [1.29, 1.82) is 0 Å². The van der Waals surface area contributed by atoms with E-state index in [1.807, 2.05) is 18.8 Å². The Morgan fingerprint density at radius 3 is 2.52 bits per heavy atom. The zero-order valence-electron chi connectivity index (χ0n) is 14.7. The van der Waals surface area contributed by atoms with Crippen molar-refractivity contribution in [1.82, 2.24) is 10.2 Å². The molecule has 0 radical (unpaired) electrons. The third kappa shape index (κ3) is 4.25. The summed E-state index contributed by atoms with van der Waals surface area (Å²) in [4.78, 5) is 6.73. The topological polar surface area (TPSA) is 46.1 Å². The fraction of sp³-hybridized carbons (Fsp3) is 0.588. The normalized spacial score (nSPS) is 15.9. The largest absolute Gasteiger partial charge is 0.493 e. The monoisotopic (exact) mass is 337 g/mol. The molecule has 1 aliphatic rings. The maximum atomic E-state index is 5.43. The number of nitrogens with one attached hydrogen (secondary N) is 1. The van der Waals surface area contributed by atoms with Crippen LogP contribution in [0.5, 0.6) is 11.5 Å². The van der Waals surface area contributed by atoms with Gasteiger partial charge in [-0.2, -0.15) is 11.8 Å². The van der Waals surface area contributed by atoms with Gasteiger partial charge in [0.15, 0.2) is 17.5 Å². The van der Waals surface area contributed by atoms with Crippen molar-refractivity contribution in [3.8, 4) is 11.5 Å². The lowest BCUT2D eigenvalue weighted by Crippen LogP contribution is -2.45. The van der Waals surface area contributed by atoms with Gasteiger partial charge in [0.2, 0.25) is 0 Å². The number of guanidine groups is 1. The van der Waals surface area contributed by atoms with Crippen LogP contribution < -0.4 is 14.8 Å². The highest BCUT2D eigenvalue weighted by Crippen LogP contribution is 2.33. The first kappa shape index (κ1) is 17.8. The fourth-order valence-corrected chi connectivity index (χ4v) is 2.96. The van der Waals surface area contributed by atoms with Gasteiger partial charge in [0.05, 0.1) is 14.2 Å². The lowest BCUT2D eigenvalue weighted by Gasteiger charge is -2.32. The number of ether oxygens (including phenoxy) is 2. The number of nitrogens with zero attached hydrogens (tertiary/aromatic N) is 2. The number of aliphatic imine (C=N–C) groups is 1. The number of fused-ring (bicyclic) bond motifs is 1. The van der Waals surface area contributed by atoms with E-state index in [-0.39, 0.29) is 0 Å². The van der Waals surface area contributed by atoms with E-state index < -0.39 is 0 Å². The highest BCUT2D eigenvalue weighted by Gasteiger charge is 2.21. The third-order valence-electron chi connectivity index (χ3n) is 4.18. The average Bonchev–Trinajstić information content (AvgIpc) is 2.60. The molecule has 0 amide bonds. The predicted molar refractivity (Wildman–Crippen MR) is 98.0 cm³/mol. The first-order chi connectivity index (χ1) is 11.1. The number of benzene rings is 1. The quantitative estimate of drug-likeness (QED) is 0.660. The summed E-state index contributed by atoms with van der Waals surface area (Å²) >= 11 is 1.86. The Balaban J connectivity index is 2.12. The summed E-state index contributed by atoms with van der Waals surface area (Å²) in [5.74, 6) is 2.55. The Bertz CT molecular complexity index is 563. The van der Waals surface area contributed by atoms with Gasteiger partial charge >= 0.3 is 0 Å². The summed E-state index contributed by atoms with van der Waals surface area (Å²) in [6.07, 6.45) is 3.11. The summed E-state index contributed by atoms with van der Waals surface area (Å²) in [5, 5.41) is 4.03. The number of hydrogen-bond donors (Lipinski definition) is 1. The molecule has 0 spiro atoms. The minimum absolute atomic E-state index is 0.563. The van der Waals surface area contributed by atoms with E-state index in [4.69, 9.17) is 9.47 Å². The summed E-state index contributed by atoms with van der Waals surface area (Å²) in [7, 11) is 5.20. The molecule has 128 valence electrons. The van der Waals surface area contributed by atoms with Gasteiger partial charge in [-0.05, 0) is 35.9 Å². The Morgan fingerprint density at radius 2 is 1.96 bits per heavy atom. The Kier molecular flexibility index (Phi) is 6.45. The molecule has 5 nitrogen and oxygen atoms in total. The highest BCUT2D eigenvalue weighted by atomic mass is 32.2. The van der Waals surface area contributed by atoms with E-state index in [0.29, 0.717) is 5.25 Å². The summed E-state index contributed by atoms with van der Waals surface area (Å²) < 4.78 is 10.8. The first-order valence-corrected chi connectivity index (χ1v) is 9.13. The second kappa shape index (κ2) is 8.34. The van der Waals surface area contributed by atoms with Crippen LogP contribution in [0.2, 0.25) is 0 Å². The van der Waals surface area contributed by atoms with Gasteiger partial charge in [-0.25, -0.2) is 0 Å². The molecule has 23 heavy (non-hydrogen) atoms. The van der Waals surface area contributed by atoms with Gasteiger partial charge in [0.25, 0.3) is 0 Å². The van der Waals surface area contributed by atoms with Crippen LogP contribution in [0.1, 0.15) is 18.1 Å². The molecule has 1 N–H and O–H groups in total. The summed E-state index contributed by atoms with van der Waals surface area (Å²) in [6.45, 7) is 4.93. The maximum absolute atomic E-state index is 5.43. The zero-order valence-corrected chi connectivity index (χ0v) is 15.5. The lowest BCUT2D eigenvalue weighted by molar-refractivity contribution is 0.346. The highest BCUT2D eigenvalue weighted by molar-refractivity contribution is 7.99. The van der Waals surface area contributed by atoms with Crippen LogP contribution in [-0.4, -0.2) is 56.7 Å². The third-order valence-corrected chi connectivity index (χ3v) is 5.15. The number of thioether (sulfide) groups is 1. The van der Waals surface area contributed by atoms with Crippen molar-refractivity contribution >= 4 is 17.7 Å². The second-order valence-electron chi connectivity index (χ2n) is 5.62. The first-order valence-electron chi connectivity index (χ1n) is 7.85. The molecule has 1 heterocycles. The van der Waals surface area contributed by atoms with E-state index in [1.165, 1.54) is 11.1 Å². The molecule has 0 bridgehead atoms. The van der Waals surface area contributed by atoms with Crippen molar-refractivity contribution in [2.24, 2.45) is 4.99 Å². The summed E-state index contributed by atoms with van der Waals surface area (Å²) in [6, 6.07) is 4.18. The predicted octanol–water partition coefficient (Wildman–Crippen LogP) is 2.39. The molecule has 1 aliphatic heterocycles. The smallest absolute Gasteiger partial charge is 0.193 e. The minimum atomic E-state index is 0.563. The van der Waals surface area contributed by atoms with E-state index in [0.717, 1.165) is 43.5 Å². The van der Waals surface area contributed by atoms with Gasteiger partial charge in [0, 0.05) is 31.9 Å². The number of methoxy groups -OCH3 is 2. The van der Waals surface area contributed by atoms with Crippen LogP contribution in [0.15, 0.2) is 17.1 Å². The standard InChI is InChI=1S/C17H27N3O2S/c1-12(23-5)10-19-17(18-2)20-7-6-13-8-15(21-3)16(22-4)9-14(13)11-20/h8-9,12H,6-7,10-11H2,1-5H3,(H,18,19). The molecule has 0 aromatic heterocycles. The van der Waals surface area contributed by atoms with Gasteiger partial charge in [-0.3, -0.25) is 4.99 Å². The Hall–Kier alpha value is -1.56. The number of rotatable bonds is 5. The van der Waals surface area contributed by atoms with Crippen LogP contribution in [-0.2, 0) is 13.0 Å². The molecule has 0 fully saturated rings. The van der Waals surface area contributed by atoms with Crippen LogP contribution in [0.4, 0.5) is 0 Å².